The lowest BCUT2D eigenvalue weighted by atomic mass is 10.1. The molecule has 0 spiro atoms. The molecule has 0 amide bonds. The number of hydrogen-bond acceptors (Lipinski definition) is 3. The molecule has 0 bridgehead atoms. The Morgan fingerprint density at radius 2 is 2.16 bits per heavy atom. The van der Waals surface area contributed by atoms with Gasteiger partial charge in [0, 0.05) is 25.0 Å². The standard InChI is InChI=1S/C15H17FN2O/c1-3-19-15-8-13(16)4-5-14(15)18-10-12-9-17-7-6-11(12)2/h4-9,18H,3,10H2,1-2H3. The summed E-state index contributed by atoms with van der Waals surface area (Å²) < 4.78 is 18.6. The van der Waals surface area contributed by atoms with Gasteiger partial charge >= 0.3 is 0 Å². The van der Waals surface area contributed by atoms with Crippen LogP contribution in [0.3, 0.4) is 0 Å². The van der Waals surface area contributed by atoms with Crippen molar-refractivity contribution in [2.45, 2.75) is 20.4 Å². The Bertz CT molecular complexity index is 558. The predicted molar refractivity (Wildman–Crippen MR) is 73.9 cm³/mol. The van der Waals surface area contributed by atoms with Crippen molar-refractivity contribution in [2.24, 2.45) is 0 Å². The van der Waals surface area contributed by atoms with E-state index < -0.39 is 0 Å². The van der Waals surface area contributed by atoms with Gasteiger partial charge in [-0.15, -0.1) is 0 Å². The van der Waals surface area contributed by atoms with Crippen LogP contribution in [0, 0.1) is 12.7 Å². The van der Waals surface area contributed by atoms with Gasteiger partial charge in [-0.1, -0.05) is 0 Å². The average molecular weight is 260 g/mol. The number of nitrogens with one attached hydrogen (secondary N) is 1. The summed E-state index contributed by atoms with van der Waals surface area (Å²) >= 11 is 0. The summed E-state index contributed by atoms with van der Waals surface area (Å²) in [5.41, 5.74) is 3.06. The maximum Gasteiger partial charge on any atom is 0.145 e. The Kier molecular flexibility index (Phi) is 4.34. The van der Waals surface area contributed by atoms with E-state index in [4.69, 9.17) is 4.74 Å². The number of ether oxygens (including phenoxy) is 1. The Labute approximate surface area is 112 Å². The van der Waals surface area contributed by atoms with E-state index in [2.05, 4.69) is 10.3 Å². The van der Waals surface area contributed by atoms with Gasteiger partial charge in [0.15, 0.2) is 0 Å². The third-order valence-corrected chi connectivity index (χ3v) is 2.86. The number of benzene rings is 1. The molecular weight excluding hydrogens is 243 g/mol. The largest absolute Gasteiger partial charge is 0.492 e. The second kappa shape index (κ2) is 6.18. The van der Waals surface area contributed by atoms with Crippen LogP contribution in [-0.2, 0) is 6.54 Å². The summed E-state index contributed by atoms with van der Waals surface area (Å²) in [4.78, 5) is 4.10. The van der Waals surface area contributed by atoms with Gasteiger partial charge in [0.2, 0.25) is 0 Å². The van der Waals surface area contributed by atoms with E-state index in [1.807, 2.05) is 26.1 Å². The first-order chi connectivity index (χ1) is 9.20. The summed E-state index contributed by atoms with van der Waals surface area (Å²) in [7, 11) is 0. The van der Waals surface area contributed by atoms with Crippen molar-refractivity contribution >= 4 is 5.69 Å². The highest BCUT2D eigenvalue weighted by Crippen LogP contribution is 2.26. The van der Waals surface area contributed by atoms with Crippen LogP contribution >= 0.6 is 0 Å². The fraction of sp³-hybridized carbons (Fsp3) is 0.267. The van der Waals surface area contributed by atoms with Gasteiger partial charge in [-0.2, -0.15) is 0 Å². The third kappa shape index (κ3) is 3.44. The van der Waals surface area contributed by atoms with Crippen LogP contribution in [0.25, 0.3) is 0 Å². The minimum Gasteiger partial charge on any atom is -0.492 e. The average Bonchev–Trinajstić information content (AvgIpc) is 2.40. The summed E-state index contributed by atoms with van der Waals surface area (Å²) in [6.45, 7) is 5.04. The van der Waals surface area contributed by atoms with Gasteiger partial charge in [-0.25, -0.2) is 4.39 Å². The van der Waals surface area contributed by atoms with E-state index in [0.29, 0.717) is 18.9 Å². The molecule has 0 aliphatic heterocycles. The summed E-state index contributed by atoms with van der Waals surface area (Å²) in [5.74, 6) is 0.232. The normalized spacial score (nSPS) is 10.3. The molecule has 0 aliphatic rings. The molecule has 1 N–H and O–H groups in total. The van der Waals surface area contributed by atoms with Gasteiger partial charge < -0.3 is 10.1 Å². The van der Waals surface area contributed by atoms with Gasteiger partial charge in [0.05, 0.1) is 12.3 Å². The third-order valence-electron chi connectivity index (χ3n) is 2.86. The van der Waals surface area contributed by atoms with Crippen LogP contribution in [0.15, 0.2) is 36.7 Å². The number of nitrogens with zero attached hydrogens (tertiary/aromatic N) is 1. The molecule has 0 radical (unpaired) electrons. The maximum atomic E-state index is 13.2. The molecule has 0 aliphatic carbocycles. The monoisotopic (exact) mass is 260 g/mol. The zero-order valence-corrected chi connectivity index (χ0v) is 11.1. The summed E-state index contributed by atoms with van der Waals surface area (Å²) in [6.07, 6.45) is 3.59. The van der Waals surface area contributed by atoms with Crippen molar-refractivity contribution in [2.75, 3.05) is 11.9 Å². The second-order valence-electron chi connectivity index (χ2n) is 4.23. The first-order valence-electron chi connectivity index (χ1n) is 6.26. The van der Waals surface area contributed by atoms with Crippen LogP contribution in [0.5, 0.6) is 5.75 Å². The van der Waals surface area contributed by atoms with Crippen molar-refractivity contribution in [3.63, 3.8) is 0 Å². The molecule has 0 saturated carbocycles. The molecule has 1 aromatic heterocycles. The van der Waals surface area contributed by atoms with Crippen molar-refractivity contribution in [3.05, 3.63) is 53.6 Å². The number of pyridine rings is 1. The van der Waals surface area contributed by atoms with Crippen LogP contribution < -0.4 is 10.1 Å². The molecule has 0 fully saturated rings. The topological polar surface area (TPSA) is 34.1 Å². The van der Waals surface area contributed by atoms with Crippen LogP contribution in [0.2, 0.25) is 0 Å². The molecule has 0 saturated heterocycles. The fourth-order valence-electron chi connectivity index (χ4n) is 1.79. The van der Waals surface area contributed by atoms with Crippen molar-refractivity contribution < 1.29 is 9.13 Å². The zero-order chi connectivity index (χ0) is 13.7. The lowest BCUT2D eigenvalue weighted by molar-refractivity contribution is 0.340. The first-order valence-corrected chi connectivity index (χ1v) is 6.26. The Balaban J connectivity index is 2.13. The minimum absolute atomic E-state index is 0.299. The quantitative estimate of drug-likeness (QED) is 0.892. The number of anilines is 1. The minimum atomic E-state index is -0.299. The number of hydrogen-bond donors (Lipinski definition) is 1. The van der Waals surface area contributed by atoms with Crippen LogP contribution in [0.1, 0.15) is 18.1 Å². The Morgan fingerprint density at radius 1 is 1.32 bits per heavy atom. The molecule has 1 heterocycles. The lowest BCUT2D eigenvalue weighted by Gasteiger charge is -2.13. The molecule has 2 aromatic rings. The van der Waals surface area contributed by atoms with Crippen molar-refractivity contribution in [1.29, 1.82) is 0 Å². The van der Waals surface area contributed by atoms with E-state index in [-0.39, 0.29) is 5.82 Å². The zero-order valence-electron chi connectivity index (χ0n) is 11.1. The van der Waals surface area contributed by atoms with Gasteiger partial charge in [-0.05, 0) is 43.2 Å². The number of aryl methyl sites for hydroxylation is 1. The molecule has 19 heavy (non-hydrogen) atoms. The number of halogens is 1. The molecule has 0 unspecified atom stereocenters. The highest BCUT2D eigenvalue weighted by molar-refractivity contribution is 5.56. The molecule has 4 heteroatoms. The van der Waals surface area contributed by atoms with Gasteiger partial charge in [0.1, 0.15) is 11.6 Å². The van der Waals surface area contributed by atoms with E-state index >= 15 is 0 Å². The molecule has 1 aromatic carbocycles. The van der Waals surface area contributed by atoms with E-state index in [1.165, 1.54) is 17.7 Å². The fourth-order valence-corrected chi connectivity index (χ4v) is 1.79. The predicted octanol–water partition coefficient (Wildman–Crippen LogP) is 3.54. The van der Waals surface area contributed by atoms with Crippen molar-refractivity contribution in [1.82, 2.24) is 4.98 Å². The molecule has 3 nitrogen and oxygen atoms in total. The van der Waals surface area contributed by atoms with Gasteiger partial charge in [-0.3, -0.25) is 4.98 Å². The van der Waals surface area contributed by atoms with E-state index in [9.17, 15) is 4.39 Å². The van der Waals surface area contributed by atoms with Gasteiger partial charge in [0.25, 0.3) is 0 Å². The molecule has 100 valence electrons. The first kappa shape index (κ1) is 13.3. The molecule has 0 atom stereocenters. The van der Waals surface area contributed by atoms with Crippen molar-refractivity contribution in [3.8, 4) is 5.75 Å². The second-order valence-corrected chi connectivity index (χ2v) is 4.23. The summed E-state index contributed by atoms with van der Waals surface area (Å²) in [5, 5.41) is 3.25. The SMILES string of the molecule is CCOc1cc(F)ccc1NCc1cnccc1C. The van der Waals surface area contributed by atoms with Crippen LogP contribution in [-0.4, -0.2) is 11.6 Å². The highest BCUT2D eigenvalue weighted by Gasteiger charge is 2.05. The molecule has 2 rings (SSSR count). The molecular formula is C15H17FN2O. The lowest BCUT2D eigenvalue weighted by Crippen LogP contribution is -2.04. The maximum absolute atomic E-state index is 13.2. The number of aromatic nitrogens is 1. The smallest absolute Gasteiger partial charge is 0.145 e. The van der Waals surface area contributed by atoms with E-state index in [0.717, 1.165) is 11.3 Å². The Morgan fingerprint density at radius 3 is 2.89 bits per heavy atom. The van der Waals surface area contributed by atoms with Crippen LogP contribution in [0.4, 0.5) is 10.1 Å². The summed E-state index contributed by atoms with van der Waals surface area (Å²) in [6, 6.07) is 6.46. The van der Waals surface area contributed by atoms with E-state index in [1.54, 1.807) is 12.3 Å². The highest BCUT2D eigenvalue weighted by atomic mass is 19.1. The Hall–Kier alpha value is -2.10. The number of rotatable bonds is 5.